The Morgan fingerprint density at radius 3 is 2.76 bits per heavy atom. The summed E-state index contributed by atoms with van der Waals surface area (Å²) in [5, 5.41) is 0.190. The van der Waals surface area contributed by atoms with Gasteiger partial charge in [-0.3, -0.25) is 9.36 Å². The second-order valence-corrected chi connectivity index (χ2v) is 7.54. The molecule has 3 rings (SSSR count). The van der Waals surface area contributed by atoms with Crippen molar-refractivity contribution in [3.8, 4) is 0 Å². The summed E-state index contributed by atoms with van der Waals surface area (Å²) in [6, 6.07) is 6.80. The van der Waals surface area contributed by atoms with E-state index < -0.39 is 6.55 Å². The van der Waals surface area contributed by atoms with Crippen LogP contribution in [-0.2, 0) is 4.79 Å². The van der Waals surface area contributed by atoms with Gasteiger partial charge in [0, 0.05) is 13.6 Å². The Labute approximate surface area is 150 Å². The molecule has 1 aliphatic carbocycles. The van der Waals surface area contributed by atoms with Crippen LogP contribution >= 0.6 is 11.8 Å². The van der Waals surface area contributed by atoms with Crippen molar-refractivity contribution in [2.45, 2.75) is 43.8 Å². The highest BCUT2D eigenvalue weighted by molar-refractivity contribution is 7.99. The van der Waals surface area contributed by atoms with Crippen molar-refractivity contribution in [1.29, 1.82) is 0 Å². The summed E-state index contributed by atoms with van der Waals surface area (Å²) in [6.07, 6.45) is 6.10. The van der Waals surface area contributed by atoms with Gasteiger partial charge in [-0.15, -0.1) is 0 Å². The highest BCUT2D eigenvalue weighted by atomic mass is 32.2. The van der Waals surface area contributed by atoms with Crippen LogP contribution in [0.2, 0.25) is 0 Å². The molecule has 1 aliphatic rings. The maximum atomic E-state index is 13.4. The van der Waals surface area contributed by atoms with Crippen molar-refractivity contribution in [3.63, 3.8) is 0 Å². The summed E-state index contributed by atoms with van der Waals surface area (Å²) in [7, 11) is 1.80. The molecule has 0 saturated heterocycles. The van der Waals surface area contributed by atoms with Crippen LogP contribution in [0, 0.1) is 5.92 Å². The standard InChI is InChI=1S/C18H23F2N3OS/c1-22(11-13-7-3-2-4-8-13)16(24)12-25-18-21-14-9-5-6-10-15(14)23(18)17(19)20/h5-6,9-10,13,17H,2-4,7-8,11-12H2,1H3. The van der Waals surface area contributed by atoms with Gasteiger partial charge in [-0.2, -0.15) is 8.78 Å². The van der Waals surface area contributed by atoms with Crippen LogP contribution in [0.15, 0.2) is 29.4 Å². The Morgan fingerprint density at radius 2 is 2.04 bits per heavy atom. The van der Waals surface area contributed by atoms with Gasteiger partial charge in [0.05, 0.1) is 16.8 Å². The number of imidazole rings is 1. The van der Waals surface area contributed by atoms with Crippen LogP contribution in [-0.4, -0.2) is 39.7 Å². The second kappa shape index (κ2) is 8.17. The zero-order valence-electron chi connectivity index (χ0n) is 14.3. The van der Waals surface area contributed by atoms with Crippen molar-refractivity contribution in [1.82, 2.24) is 14.5 Å². The molecule has 1 amide bonds. The van der Waals surface area contributed by atoms with Crippen LogP contribution in [0.3, 0.4) is 0 Å². The number of thioether (sulfide) groups is 1. The van der Waals surface area contributed by atoms with E-state index in [1.54, 1.807) is 36.2 Å². The van der Waals surface area contributed by atoms with Crippen LogP contribution in [0.5, 0.6) is 0 Å². The lowest BCUT2D eigenvalue weighted by atomic mass is 9.89. The molecule has 0 aliphatic heterocycles. The second-order valence-electron chi connectivity index (χ2n) is 6.60. The lowest BCUT2D eigenvalue weighted by Gasteiger charge is -2.27. The minimum absolute atomic E-state index is 0.0385. The molecule has 1 saturated carbocycles. The van der Waals surface area contributed by atoms with E-state index in [1.807, 2.05) is 0 Å². The lowest BCUT2D eigenvalue weighted by molar-refractivity contribution is -0.127. The van der Waals surface area contributed by atoms with E-state index in [4.69, 9.17) is 0 Å². The average Bonchev–Trinajstić information content (AvgIpc) is 2.99. The fraction of sp³-hybridized carbons (Fsp3) is 0.556. The van der Waals surface area contributed by atoms with Crippen LogP contribution in [0.25, 0.3) is 11.0 Å². The van der Waals surface area contributed by atoms with Crippen molar-refractivity contribution in [2.24, 2.45) is 5.92 Å². The van der Waals surface area contributed by atoms with Gasteiger partial charge in [-0.25, -0.2) is 4.98 Å². The molecule has 0 unspecified atom stereocenters. The van der Waals surface area contributed by atoms with Gasteiger partial charge in [0.2, 0.25) is 5.91 Å². The summed E-state index contributed by atoms with van der Waals surface area (Å²) in [5.74, 6) is 0.654. The van der Waals surface area contributed by atoms with E-state index in [0.717, 1.165) is 22.9 Å². The Balaban J connectivity index is 1.63. The number of para-hydroxylation sites is 2. The molecule has 25 heavy (non-hydrogen) atoms. The quantitative estimate of drug-likeness (QED) is 0.703. The summed E-state index contributed by atoms with van der Waals surface area (Å²) >= 11 is 1.08. The summed E-state index contributed by atoms with van der Waals surface area (Å²) in [5.41, 5.74) is 0.913. The Morgan fingerprint density at radius 1 is 1.32 bits per heavy atom. The molecule has 1 aromatic heterocycles. The fourth-order valence-electron chi connectivity index (χ4n) is 3.41. The van der Waals surface area contributed by atoms with E-state index in [-0.39, 0.29) is 16.8 Å². The number of hydrogen-bond donors (Lipinski definition) is 0. The molecule has 1 aromatic carbocycles. The number of alkyl halides is 2. The van der Waals surface area contributed by atoms with Crippen LogP contribution in [0.1, 0.15) is 38.7 Å². The van der Waals surface area contributed by atoms with Gasteiger partial charge in [-0.1, -0.05) is 43.2 Å². The minimum Gasteiger partial charge on any atom is -0.345 e. The largest absolute Gasteiger partial charge is 0.345 e. The predicted octanol–water partition coefficient (Wildman–Crippen LogP) is 4.56. The number of rotatable bonds is 6. The first-order valence-corrected chi connectivity index (χ1v) is 9.66. The summed E-state index contributed by atoms with van der Waals surface area (Å²) < 4.78 is 27.7. The molecule has 136 valence electrons. The van der Waals surface area contributed by atoms with E-state index in [2.05, 4.69) is 4.98 Å². The molecule has 7 heteroatoms. The van der Waals surface area contributed by atoms with E-state index in [1.165, 1.54) is 32.1 Å². The Hall–Kier alpha value is -1.63. The SMILES string of the molecule is CN(CC1CCCCC1)C(=O)CSc1nc2ccccc2n1C(F)F. The molecule has 4 nitrogen and oxygen atoms in total. The molecule has 0 N–H and O–H groups in total. The molecule has 2 aromatic rings. The van der Waals surface area contributed by atoms with Gasteiger partial charge in [0.1, 0.15) is 0 Å². The fourth-order valence-corrected chi connectivity index (χ4v) is 4.36. The zero-order chi connectivity index (χ0) is 17.8. The minimum atomic E-state index is -2.68. The molecule has 0 bridgehead atoms. The first-order valence-electron chi connectivity index (χ1n) is 8.68. The third-order valence-corrected chi connectivity index (χ3v) is 5.70. The van der Waals surface area contributed by atoms with Gasteiger partial charge in [0.15, 0.2) is 5.16 Å². The number of nitrogens with zero attached hydrogens (tertiary/aromatic N) is 3. The number of carbonyl (C=O) groups is 1. The average molecular weight is 367 g/mol. The number of aromatic nitrogens is 2. The highest BCUT2D eigenvalue weighted by Gasteiger charge is 2.21. The molecular formula is C18H23F2N3OS. The Bertz CT molecular complexity index is 728. The highest BCUT2D eigenvalue weighted by Crippen LogP contribution is 2.29. The predicted molar refractivity (Wildman–Crippen MR) is 95.9 cm³/mol. The first kappa shape index (κ1) is 18.2. The summed E-state index contributed by atoms with van der Waals surface area (Å²) in [6.45, 7) is -1.92. The molecule has 0 atom stereocenters. The monoisotopic (exact) mass is 367 g/mol. The molecule has 0 radical (unpaired) electrons. The van der Waals surface area contributed by atoms with Gasteiger partial charge < -0.3 is 4.90 Å². The van der Waals surface area contributed by atoms with E-state index in [0.29, 0.717) is 17.0 Å². The van der Waals surface area contributed by atoms with Gasteiger partial charge >= 0.3 is 6.55 Å². The Kier molecular flexibility index (Phi) is 5.93. The lowest BCUT2D eigenvalue weighted by Crippen LogP contribution is -2.33. The zero-order valence-corrected chi connectivity index (χ0v) is 15.1. The van der Waals surface area contributed by atoms with Crippen molar-refractivity contribution in [2.75, 3.05) is 19.3 Å². The third kappa shape index (κ3) is 4.32. The molecule has 1 heterocycles. The molecule has 1 fully saturated rings. The number of halogens is 2. The summed E-state index contributed by atoms with van der Waals surface area (Å²) in [4.78, 5) is 18.4. The maximum absolute atomic E-state index is 13.4. The van der Waals surface area contributed by atoms with Gasteiger partial charge in [-0.05, 0) is 30.9 Å². The normalized spacial score (nSPS) is 15.8. The van der Waals surface area contributed by atoms with Crippen LogP contribution in [0.4, 0.5) is 8.78 Å². The number of amides is 1. The number of hydrogen-bond acceptors (Lipinski definition) is 3. The molecular weight excluding hydrogens is 344 g/mol. The van der Waals surface area contributed by atoms with Crippen molar-refractivity contribution in [3.05, 3.63) is 24.3 Å². The topological polar surface area (TPSA) is 38.1 Å². The number of carbonyl (C=O) groups excluding carboxylic acids is 1. The van der Waals surface area contributed by atoms with E-state index >= 15 is 0 Å². The van der Waals surface area contributed by atoms with E-state index in [9.17, 15) is 13.6 Å². The van der Waals surface area contributed by atoms with Crippen molar-refractivity contribution >= 4 is 28.7 Å². The first-order chi connectivity index (χ1) is 12.1. The third-order valence-electron chi connectivity index (χ3n) is 4.77. The molecule has 0 spiro atoms. The van der Waals surface area contributed by atoms with Crippen molar-refractivity contribution < 1.29 is 13.6 Å². The number of benzene rings is 1. The smallest absolute Gasteiger partial charge is 0.321 e. The maximum Gasteiger partial charge on any atom is 0.321 e. The van der Waals surface area contributed by atoms with Gasteiger partial charge in [0.25, 0.3) is 0 Å². The number of fused-ring (bicyclic) bond motifs is 1. The van der Waals surface area contributed by atoms with Crippen LogP contribution < -0.4 is 0 Å².